The van der Waals surface area contributed by atoms with Crippen LogP contribution in [-0.2, 0) is 86.9 Å². The molecule has 6 aliphatic heterocycles. The van der Waals surface area contributed by atoms with Crippen molar-refractivity contribution >= 4 is 232 Å². The summed E-state index contributed by atoms with van der Waals surface area (Å²) in [5.41, 5.74) is 25.0. The van der Waals surface area contributed by atoms with E-state index in [1.165, 1.54) is 42.7 Å². The number of carbonyl (C=O) groups is 6. The maximum atomic E-state index is 11.9. The van der Waals surface area contributed by atoms with Gasteiger partial charge >= 0.3 is 94.2 Å². The van der Waals surface area contributed by atoms with Crippen LogP contribution in [0.5, 0.6) is 0 Å². The van der Waals surface area contributed by atoms with Crippen molar-refractivity contribution in [3.8, 4) is 0 Å². The molecule has 6 aromatic carbocycles. The first-order valence-corrected chi connectivity index (χ1v) is 47.2. The molecule has 0 fully saturated rings. The number of hydrogen-bond acceptors (Lipinski definition) is 16. The predicted octanol–water partition coefficient (Wildman–Crippen LogP) is 25.1. The Balaban J connectivity index is 0.000000222. The number of halogens is 12. The van der Waals surface area contributed by atoms with Crippen molar-refractivity contribution in [3.05, 3.63) is 485 Å². The summed E-state index contributed by atoms with van der Waals surface area (Å²) in [5, 5.41) is 9.86. The minimum Gasteiger partial charge on any atom is -0.664 e. The van der Waals surface area contributed by atoms with Gasteiger partial charge in [0.2, 0.25) is 0 Å². The smallest absolute Gasteiger partial charge is 0.664 e. The van der Waals surface area contributed by atoms with Gasteiger partial charge in [-0.15, -0.1) is 45.6 Å². The molecule has 0 saturated carbocycles. The number of ether oxygens (including phenoxy) is 6. The van der Waals surface area contributed by atoms with Gasteiger partial charge in [0.05, 0.1) is 123 Å². The third kappa shape index (κ3) is 32.0. The summed E-state index contributed by atoms with van der Waals surface area (Å²) in [6.45, 7) is 0. The average Bonchev–Trinajstić information content (AvgIpc) is 1.65. The zero-order valence-electron chi connectivity index (χ0n) is 77.4. The molecule has 24 nitrogen and oxygen atoms in total. The second-order valence-electron chi connectivity index (χ2n) is 29.1. The van der Waals surface area contributed by atoms with Crippen LogP contribution >= 0.6 is 139 Å². The molecule has 0 aliphatic carbocycles. The van der Waals surface area contributed by atoms with Crippen LogP contribution < -0.4 is 29.9 Å². The van der Waals surface area contributed by atoms with Crippen LogP contribution in [-0.4, -0.2) is 120 Å². The Labute approximate surface area is 933 Å². The van der Waals surface area contributed by atoms with E-state index in [1.807, 2.05) is 219 Å². The number of allylic oxidation sites excluding steroid dienone is 10. The van der Waals surface area contributed by atoms with Gasteiger partial charge in [0.15, 0.2) is 17.2 Å². The molecule has 12 heterocycles. The van der Waals surface area contributed by atoms with Crippen molar-refractivity contribution in [1.29, 1.82) is 0 Å². The zero-order chi connectivity index (χ0) is 101. The summed E-state index contributed by atoms with van der Waals surface area (Å²) >= 11 is 57.7. The molecule has 6 aliphatic rings. The maximum Gasteiger partial charge on any atom is 2.00 e. The summed E-state index contributed by atoms with van der Waals surface area (Å²) in [4.78, 5) is 118. The van der Waals surface area contributed by atoms with E-state index >= 15 is 0 Å². The van der Waals surface area contributed by atoms with Crippen molar-refractivity contribution < 1.29 is 116 Å². The normalized spacial score (nSPS) is 15.0. The Hall–Kier alpha value is -11.9. The van der Waals surface area contributed by atoms with E-state index in [4.69, 9.17) is 198 Å². The number of aliphatic imine (C=N–C) groups is 4. The molecule has 12 aromatic rings. The van der Waals surface area contributed by atoms with Gasteiger partial charge in [0.25, 0.3) is 0 Å². The number of methoxy groups -OCH3 is 6. The number of aromatic nitrogens is 6. The standard InChI is InChI=1S/2C34H25N4O4.C34H24N4O4.4CHCl3.3Zn/c3*1-41-33(39)23-11-7-21(8-12-23)31(27-5-3-19-35-27)29-17-15-25(37-29)26-16-18-30(38-26)32(28-6-4-20-36-28)22-9-13-24(14-10-22)34(40)42-2;4*2-1(3)4;;;/h2*3-20H,1-2H3,(H-,35,36,37,38,39,40);3-20H,1-2H3;4*1H;;;/q2*-1;-2;;;;;3*+2/p-2. The fourth-order valence-electron chi connectivity index (χ4n) is 14.5. The molecule has 722 valence electrons. The first-order chi connectivity index (χ1) is 68.6. The number of hydrogen-bond donors (Lipinski definition) is 0. The van der Waals surface area contributed by atoms with Gasteiger partial charge in [0.1, 0.15) is 12.2 Å². The average molecular weight is 2330 g/mol. The third-order valence-electron chi connectivity index (χ3n) is 20.6. The van der Waals surface area contributed by atoms with Crippen molar-refractivity contribution in [3.63, 3.8) is 0 Å². The van der Waals surface area contributed by atoms with Crippen LogP contribution in [0.25, 0.3) is 44.1 Å². The van der Waals surface area contributed by atoms with Gasteiger partial charge in [-0.05, 0) is 200 Å². The largest absolute Gasteiger partial charge is 2.00 e. The van der Waals surface area contributed by atoms with Crippen molar-refractivity contribution in [2.45, 2.75) is 17.2 Å². The van der Waals surface area contributed by atoms with Gasteiger partial charge in [0, 0.05) is 23.9 Å². The molecule has 39 heteroatoms. The van der Waals surface area contributed by atoms with E-state index < -0.39 is 53.0 Å². The van der Waals surface area contributed by atoms with Gasteiger partial charge in [-0.3, -0.25) is 9.98 Å². The molecular formula is C106H76Cl12N12O12Zn3. The predicted molar refractivity (Wildman–Crippen MR) is 565 cm³/mol. The second-order valence-corrected chi connectivity index (χ2v) is 37.0. The molecule has 0 saturated heterocycles. The molecule has 0 radical (unpaired) electrons. The Kier molecular flexibility index (Phi) is 46.5. The van der Waals surface area contributed by atoms with E-state index in [2.05, 4.69) is 29.9 Å². The van der Waals surface area contributed by atoms with E-state index in [1.54, 1.807) is 110 Å². The number of carbonyl (C=O) groups excluding carboxylic acids is 6. The zero-order valence-corrected chi connectivity index (χ0v) is 95.4. The van der Waals surface area contributed by atoms with Crippen LogP contribution in [0, 0.1) is 12.1 Å². The fourth-order valence-corrected chi connectivity index (χ4v) is 14.5. The number of esters is 6. The summed E-state index contributed by atoms with van der Waals surface area (Å²) in [7, 11) is 8.15. The van der Waals surface area contributed by atoms with Crippen LogP contribution in [0.4, 0.5) is 0 Å². The Morgan fingerprint density at radius 3 is 0.697 bits per heavy atom. The molecule has 0 spiro atoms. The number of nitrogens with zero attached hydrogens (tertiary/aromatic N) is 12. The molecule has 145 heavy (non-hydrogen) atoms. The van der Waals surface area contributed by atoms with Crippen LogP contribution in [0.1, 0.15) is 141 Å². The van der Waals surface area contributed by atoms with Gasteiger partial charge in [-0.2, -0.15) is 24.8 Å². The molecule has 0 amide bonds. The molecule has 18 rings (SSSR count). The summed E-state index contributed by atoms with van der Waals surface area (Å²) in [5.74, 6) is -2.37. The van der Waals surface area contributed by atoms with Crippen molar-refractivity contribution in [2.75, 3.05) is 42.7 Å². The topological polar surface area (TPSA) is 320 Å². The Morgan fingerprint density at radius 1 is 0.262 bits per heavy atom. The molecular weight excluding hydrogens is 2250 g/mol. The van der Waals surface area contributed by atoms with E-state index in [9.17, 15) is 28.8 Å². The SMILES string of the molecule is COC(=O)c1ccc(/C(=C2\C=CC(c3ccc(/C(=C4/C=CC=N4)c4ccc(C(=O)OC)cc4)[n-]3)=N2)c2ccc[n-]2)cc1.COC(=O)c1ccc(/C(=C2\C=CC(c3ccc(/C(=C4/C=CC=N4)c4ccc(C(=O)OC)cc4)[n-]3)=N2)c2ccc[n-]2)cc1.COC(=O)c1ccc(/C(=C2\C=C[C+]([C+]3C=C/C(=C(\c4ccc(C(=O)OC)cc4)c4ccc[n-]4)[N-]3)[N-]2)c2ccc[n-]2)cc1.ClC(Cl)Cl.ClC(Cl)Cl.ClC(Cl)Cl.ClC(Cl)Cl.[Zn+2].[Zn+2].[Zn+2]. The summed E-state index contributed by atoms with van der Waals surface area (Å²) < 4.78 is 26.0. The van der Waals surface area contributed by atoms with E-state index in [0.29, 0.717) is 68.3 Å². The second kappa shape index (κ2) is 57.8. The molecule has 0 bridgehead atoms. The summed E-state index contributed by atoms with van der Waals surface area (Å²) in [6.07, 6.45) is 33.5. The minimum absolute atomic E-state index is 0. The monoisotopic (exact) mass is 2320 g/mol. The maximum absolute atomic E-state index is 11.9. The number of rotatable bonds is 21. The molecule has 0 atom stereocenters. The van der Waals surface area contributed by atoms with Gasteiger partial charge in [-0.1, -0.05) is 285 Å². The van der Waals surface area contributed by atoms with Gasteiger partial charge < -0.3 is 69.0 Å². The fraction of sp³-hybridized carbons (Fsp3) is 0.0943. The Bertz CT molecular complexity index is 6530. The number of alkyl halides is 12. The summed E-state index contributed by atoms with van der Waals surface area (Å²) in [6, 6.07) is 67.5. The first-order valence-electron chi connectivity index (χ1n) is 42.0. The first kappa shape index (κ1) is 117. The minimum atomic E-state index is -0.750. The quantitative estimate of drug-likeness (QED) is 0.0212. The van der Waals surface area contributed by atoms with Gasteiger partial charge in [-0.25, -0.2) is 38.8 Å². The van der Waals surface area contributed by atoms with Crippen LogP contribution in [0.3, 0.4) is 0 Å². The molecule has 6 aromatic heterocycles. The number of benzene rings is 6. The third-order valence-corrected chi connectivity index (χ3v) is 20.6. The molecule has 0 unspecified atom stereocenters. The Morgan fingerprint density at radius 2 is 0.483 bits per heavy atom. The van der Waals surface area contributed by atoms with Crippen molar-refractivity contribution in [2.24, 2.45) is 20.0 Å². The van der Waals surface area contributed by atoms with E-state index in [-0.39, 0.29) is 58.4 Å². The van der Waals surface area contributed by atoms with Crippen molar-refractivity contribution in [1.82, 2.24) is 29.9 Å². The van der Waals surface area contributed by atoms with Crippen LogP contribution in [0.15, 0.2) is 370 Å². The van der Waals surface area contributed by atoms with E-state index in [0.717, 1.165) is 135 Å². The van der Waals surface area contributed by atoms with Crippen LogP contribution in [0.2, 0.25) is 0 Å². The molecule has 0 N–H and O–H groups in total.